The van der Waals surface area contributed by atoms with Gasteiger partial charge in [-0.05, 0) is 38.5 Å². The van der Waals surface area contributed by atoms with Gasteiger partial charge in [0.05, 0.1) is 11.4 Å². The highest BCUT2D eigenvalue weighted by Crippen LogP contribution is 2.20. The number of likely N-dealkylation sites (N-methyl/N-ethyl adjacent to an activating group) is 1. The first-order valence-corrected chi connectivity index (χ1v) is 5.45. The molecular formula is C12H19N3O. The Balaban J connectivity index is 2.72. The number of carbonyl (C=O) groups is 1. The molecule has 0 aliphatic carbocycles. The Morgan fingerprint density at radius 3 is 2.81 bits per heavy atom. The van der Waals surface area contributed by atoms with Crippen LogP contribution in [0.2, 0.25) is 0 Å². The third kappa shape index (κ3) is 3.15. The molecule has 1 amide bonds. The standard InChI is InChI=1S/C12H19N3O/c1-4-14-12(16)9(3)15-11-7-8(2)5-6-10(11)13/h5-7,9,15H,4,13H2,1-3H3,(H,14,16). The number of nitrogens with two attached hydrogens (primary N) is 1. The first kappa shape index (κ1) is 12.4. The van der Waals surface area contributed by atoms with Crippen molar-refractivity contribution >= 4 is 17.3 Å². The molecule has 0 radical (unpaired) electrons. The average molecular weight is 221 g/mol. The van der Waals surface area contributed by atoms with Gasteiger partial charge in [-0.1, -0.05) is 6.07 Å². The summed E-state index contributed by atoms with van der Waals surface area (Å²) in [6.45, 7) is 6.33. The molecule has 1 aromatic rings. The van der Waals surface area contributed by atoms with Crippen LogP contribution in [-0.4, -0.2) is 18.5 Å². The molecule has 16 heavy (non-hydrogen) atoms. The van der Waals surface area contributed by atoms with Gasteiger partial charge in [0.1, 0.15) is 6.04 Å². The Kier molecular flexibility index (Phi) is 4.17. The zero-order valence-electron chi connectivity index (χ0n) is 10.0. The second-order valence-corrected chi connectivity index (χ2v) is 3.85. The molecule has 4 N–H and O–H groups in total. The highest BCUT2D eigenvalue weighted by atomic mass is 16.2. The van der Waals surface area contributed by atoms with E-state index in [-0.39, 0.29) is 11.9 Å². The summed E-state index contributed by atoms with van der Waals surface area (Å²) in [4.78, 5) is 11.5. The molecule has 0 aliphatic rings. The van der Waals surface area contributed by atoms with Crippen molar-refractivity contribution < 1.29 is 4.79 Å². The van der Waals surface area contributed by atoms with E-state index < -0.39 is 0 Å². The van der Waals surface area contributed by atoms with E-state index in [1.165, 1.54) is 0 Å². The van der Waals surface area contributed by atoms with Gasteiger partial charge in [-0.25, -0.2) is 0 Å². The fourth-order valence-electron chi connectivity index (χ4n) is 1.42. The van der Waals surface area contributed by atoms with Crippen LogP contribution in [0.1, 0.15) is 19.4 Å². The van der Waals surface area contributed by atoms with Crippen molar-refractivity contribution in [1.29, 1.82) is 0 Å². The quantitative estimate of drug-likeness (QED) is 0.675. The van der Waals surface area contributed by atoms with Gasteiger partial charge in [0.25, 0.3) is 0 Å². The maximum Gasteiger partial charge on any atom is 0.242 e. The third-order valence-electron chi connectivity index (χ3n) is 2.33. The fraction of sp³-hybridized carbons (Fsp3) is 0.417. The summed E-state index contributed by atoms with van der Waals surface area (Å²) in [7, 11) is 0. The van der Waals surface area contributed by atoms with Gasteiger partial charge in [-0.3, -0.25) is 4.79 Å². The van der Waals surface area contributed by atoms with Crippen LogP contribution in [0.3, 0.4) is 0 Å². The number of rotatable bonds is 4. The summed E-state index contributed by atoms with van der Waals surface area (Å²) in [5.74, 6) is -0.0246. The molecule has 0 saturated heterocycles. The lowest BCUT2D eigenvalue weighted by Crippen LogP contribution is -2.37. The topological polar surface area (TPSA) is 67.2 Å². The number of aryl methyl sites for hydroxylation is 1. The summed E-state index contributed by atoms with van der Waals surface area (Å²) in [6.07, 6.45) is 0. The van der Waals surface area contributed by atoms with Crippen molar-refractivity contribution in [3.8, 4) is 0 Å². The Bertz CT molecular complexity index is 377. The van der Waals surface area contributed by atoms with Crippen LogP contribution in [0, 0.1) is 6.92 Å². The van der Waals surface area contributed by atoms with Gasteiger partial charge in [0.2, 0.25) is 5.91 Å². The zero-order valence-corrected chi connectivity index (χ0v) is 10.0. The lowest BCUT2D eigenvalue weighted by Gasteiger charge is -2.16. The number of anilines is 2. The largest absolute Gasteiger partial charge is 0.397 e. The molecule has 0 aromatic heterocycles. The molecule has 0 spiro atoms. The highest BCUT2D eigenvalue weighted by molar-refractivity contribution is 5.85. The normalized spacial score (nSPS) is 11.9. The molecule has 4 heteroatoms. The summed E-state index contributed by atoms with van der Waals surface area (Å²) >= 11 is 0. The van der Waals surface area contributed by atoms with Crippen molar-refractivity contribution in [3.05, 3.63) is 23.8 Å². The van der Waals surface area contributed by atoms with Crippen LogP contribution < -0.4 is 16.4 Å². The van der Waals surface area contributed by atoms with Gasteiger partial charge in [0, 0.05) is 6.54 Å². The van der Waals surface area contributed by atoms with E-state index in [1.54, 1.807) is 0 Å². The summed E-state index contributed by atoms with van der Waals surface area (Å²) in [5, 5.41) is 5.86. The van der Waals surface area contributed by atoms with Crippen LogP contribution in [0.4, 0.5) is 11.4 Å². The van der Waals surface area contributed by atoms with Gasteiger partial charge in [-0.2, -0.15) is 0 Å². The van der Waals surface area contributed by atoms with Crippen LogP contribution in [-0.2, 0) is 4.79 Å². The predicted octanol–water partition coefficient (Wildman–Crippen LogP) is 1.51. The van der Waals surface area contributed by atoms with Crippen molar-refractivity contribution in [2.75, 3.05) is 17.6 Å². The van der Waals surface area contributed by atoms with E-state index in [2.05, 4.69) is 10.6 Å². The van der Waals surface area contributed by atoms with Crippen molar-refractivity contribution in [2.45, 2.75) is 26.8 Å². The molecule has 4 nitrogen and oxygen atoms in total. The molecule has 0 saturated carbocycles. The van der Waals surface area contributed by atoms with E-state index in [4.69, 9.17) is 5.73 Å². The van der Waals surface area contributed by atoms with E-state index in [1.807, 2.05) is 39.0 Å². The molecule has 1 unspecified atom stereocenters. The molecule has 1 aromatic carbocycles. The number of nitrogens with one attached hydrogen (secondary N) is 2. The van der Waals surface area contributed by atoms with E-state index in [0.29, 0.717) is 12.2 Å². The minimum absolute atomic E-state index is 0.0246. The Morgan fingerprint density at radius 2 is 2.19 bits per heavy atom. The number of hydrogen-bond donors (Lipinski definition) is 3. The van der Waals surface area contributed by atoms with Crippen LogP contribution in [0.5, 0.6) is 0 Å². The third-order valence-corrected chi connectivity index (χ3v) is 2.33. The minimum Gasteiger partial charge on any atom is -0.397 e. The van der Waals surface area contributed by atoms with Crippen LogP contribution in [0.15, 0.2) is 18.2 Å². The lowest BCUT2D eigenvalue weighted by molar-refractivity contribution is -0.121. The first-order chi connectivity index (χ1) is 7.54. The maximum atomic E-state index is 11.5. The predicted molar refractivity (Wildman–Crippen MR) is 67.4 cm³/mol. The van der Waals surface area contributed by atoms with Crippen LogP contribution >= 0.6 is 0 Å². The molecule has 1 atom stereocenters. The molecule has 0 heterocycles. The zero-order chi connectivity index (χ0) is 12.1. The summed E-state index contributed by atoms with van der Waals surface area (Å²) < 4.78 is 0. The SMILES string of the molecule is CCNC(=O)C(C)Nc1cc(C)ccc1N. The maximum absolute atomic E-state index is 11.5. The first-order valence-electron chi connectivity index (χ1n) is 5.45. The molecule has 88 valence electrons. The number of carbonyl (C=O) groups excluding carboxylic acids is 1. The summed E-state index contributed by atoms with van der Waals surface area (Å²) in [5.41, 5.74) is 8.39. The minimum atomic E-state index is -0.288. The van der Waals surface area contributed by atoms with Crippen molar-refractivity contribution in [1.82, 2.24) is 5.32 Å². The Labute approximate surface area is 96.2 Å². The second-order valence-electron chi connectivity index (χ2n) is 3.85. The second kappa shape index (κ2) is 5.39. The molecule has 0 aliphatic heterocycles. The van der Waals surface area contributed by atoms with Crippen molar-refractivity contribution in [2.24, 2.45) is 0 Å². The van der Waals surface area contributed by atoms with Crippen molar-refractivity contribution in [3.63, 3.8) is 0 Å². The van der Waals surface area contributed by atoms with Gasteiger partial charge >= 0.3 is 0 Å². The smallest absolute Gasteiger partial charge is 0.242 e. The highest BCUT2D eigenvalue weighted by Gasteiger charge is 2.12. The Morgan fingerprint density at radius 1 is 1.50 bits per heavy atom. The molecule has 1 rings (SSSR count). The van der Waals surface area contributed by atoms with E-state index in [9.17, 15) is 4.79 Å². The summed E-state index contributed by atoms with van der Waals surface area (Å²) in [6, 6.07) is 5.42. The molecule has 0 bridgehead atoms. The molecular weight excluding hydrogens is 202 g/mol. The number of nitrogen functional groups attached to an aromatic ring is 1. The molecule has 0 fully saturated rings. The van der Waals surface area contributed by atoms with Gasteiger partial charge < -0.3 is 16.4 Å². The van der Waals surface area contributed by atoms with Gasteiger partial charge in [0.15, 0.2) is 0 Å². The monoisotopic (exact) mass is 221 g/mol. The van der Waals surface area contributed by atoms with Crippen LogP contribution in [0.25, 0.3) is 0 Å². The van der Waals surface area contributed by atoms with E-state index >= 15 is 0 Å². The lowest BCUT2D eigenvalue weighted by atomic mass is 10.1. The van der Waals surface area contributed by atoms with Gasteiger partial charge in [-0.15, -0.1) is 0 Å². The number of amides is 1. The number of benzene rings is 1. The fourth-order valence-corrected chi connectivity index (χ4v) is 1.42. The number of hydrogen-bond acceptors (Lipinski definition) is 3. The van der Waals surface area contributed by atoms with E-state index in [0.717, 1.165) is 11.3 Å². The Hall–Kier alpha value is -1.71. The average Bonchev–Trinajstić information content (AvgIpc) is 2.23.